The van der Waals surface area contributed by atoms with Gasteiger partial charge in [0, 0.05) is 30.4 Å². The van der Waals surface area contributed by atoms with Crippen LogP contribution in [0.2, 0.25) is 5.02 Å². The second-order valence-corrected chi connectivity index (χ2v) is 6.87. The molecule has 0 aliphatic heterocycles. The summed E-state index contributed by atoms with van der Waals surface area (Å²) in [5.74, 6) is 2.08. The van der Waals surface area contributed by atoms with E-state index in [1.165, 1.54) is 0 Å². The Hall–Kier alpha value is -2.65. The van der Waals surface area contributed by atoms with Gasteiger partial charge >= 0.3 is 0 Å². The number of imidazole rings is 1. The highest BCUT2D eigenvalue weighted by Crippen LogP contribution is 2.30. The molecule has 3 aromatic heterocycles. The highest BCUT2D eigenvalue weighted by atomic mass is 35.5. The number of nitrogens with zero attached hydrogens (tertiary/aromatic N) is 7. The van der Waals surface area contributed by atoms with Crippen molar-refractivity contribution in [3.63, 3.8) is 0 Å². The van der Waals surface area contributed by atoms with E-state index in [9.17, 15) is 0 Å². The molecule has 27 heavy (non-hydrogen) atoms. The molecule has 4 aromatic rings. The average molecular weight is 402 g/mol. The van der Waals surface area contributed by atoms with Gasteiger partial charge in [-0.3, -0.25) is 0 Å². The maximum Gasteiger partial charge on any atom is 0.258 e. The first kappa shape index (κ1) is 17.7. The fraction of sp³-hybridized carbons (Fsp3) is 0.235. The van der Waals surface area contributed by atoms with Gasteiger partial charge in [-0.1, -0.05) is 22.8 Å². The Labute approximate surface area is 165 Å². The van der Waals surface area contributed by atoms with E-state index in [1.807, 2.05) is 41.4 Å². The smallest absolute Gasteiger partial charge is 0.258 e. The number of aryl methyl sites for hydroxylation is 1. The van der Waals surface area contributed by atoms with Crippen LogP contribution in [0.25, 0.3) is 23.0 Å². The van der Waals surface area contributed by atoms with Crippen LogP contribution in [-0.4, -0.2) is 34.5 Å². The molecular weight excluding hydrogens is 386 g/mol. The van der Waals surface area contributed by atoms with E-state index in [2.05, 4.69) is 38.0 Å². The molecule has 0 N–H and O–H groups in total. The minimum absolute atomic E-state index is 0.374. The Morgan fingerprint density at radius 2 is 2.15 bits per heavy atom. The summed E-state index contributed by atoms with van der Waals surface area (Å²) < 4.78 is 9.17. The zero-order valence-corrected chi connectivity index (χ0v) is 16.3. The molecule has 0 bridgehead atoms. The molecule has 0 fully saturated rings. The van der Waals surface area contributed by atoms with Crippen molar-refractivity contribution in [1.82, 2.24) is 34.5 Å². The molecule has 138 valence electrons. The molecule has 4 rings (SSSR count). The van der Waals surface area contributed by atoms with Crippen LogP contribution in [-0.2, 0) is 13.6 Å². The second-order valence-electron chi connectivity index (χ2n) is 5.92. The Balaban J connectivity index is 1.67. The summed E-state index contributed by atoms with van der Waals surface area (Å²) in [6.45, 7) is 2.66. The Morgan fingerprint density at radius 1 is 1.30 bits per heavy atom. The number of hydrogen-bond donors (Lipinski definition) is 1. The van der Waals surface area contributed by atoms with E-state index in [-0.39, 0.29) is 0 Å². The predicted octanol–water partition coefficient (Wildman–Crippen LogP) is 3.42. The molecule has 1 aromatic carbocycles. The quantitative estimate of drug-likeness (QED) is 0.515. The standard InChI is InChI=1S/C17H16ClN7OS/c1-3-25-15(12-8-24(2)9-19-12)21-22-16(25)13(27)14-20-17(26-23-14)10-5-4-6-11(18)7-10/h4-9,13,27H,3H2,1-2H3. The number of thiol groups is 1. The molecule has 0 amide bonds. The fourth-order valence-electron chi connectivity index (χ4n) is 2.75. The minimum Gasteiger partial charge on any atom is -0.340 e. The SMILES string of the molecule is CCn1c(-c2cn(C)cn2)nnc1C(S)c1noc(-c2cccc(Cl)c2)n1. The molecule has 3 heterocycles. The van der Waals surface area contributed by atoms with Crippen molar-refractivity contribution in [2.45, 2.75) is 18.7 Å². The predicted molar refractivity (Wildman–Crippen MR) is 103 cm³/mol. The Bertz CT molecular complexity index is 1090. The first-order valence-electron chi connectivity index (χ1n) is 8.26. The maximum absolute atomic E-state index is 6.03. The summed E-state index contributed by atoms with van der Waals surface area (Å²) in [6.07, 6.45) is 3.61. The van der Waals surface area contributed by atoms with Gasteiger partial charge in [0.05, 0.1) is 6.33 Å². The van der Waals surface area contributed by atoms with Gasteiger partial charge in [-0.2, -0.15) is 17.6 Å². The lowest BCUT2D eigenvalue weighted by atomic mass is 10.2. The van der Waals surface area contributed by atoms with Crippen molar-refractivity contribution in [3.05, 3.63) is 53.5 Å². The molecule has 1 atom stereocenters. The molecule has 10 heteroatoms. The van der Waals surface area contributed by atoms with Crippen LogP contribution < -0.4 is 0 Å². The number of rotatable bonds is 5. The molecule has 0 radical (unpaired) electrons. The van der Waals surface area contributed by atoms with Gasteiger partial charge in [0.25, 0.3) is 5.89 Å². The van der Waals surface area contributed by atoms with Crippen LogP contribution in [0.4, 0.5) is 0 Å². The van der Waals surface area contributed by atoms with E-state index in [0.717, 1.165) is 11.3 Å². The lowest BCUT2D eigenvalue weighted by Gasteiger charge is -2.09. The van der Waals surface area contributed by atoms with Crippen LogP contribution in [0, 0.1) is 0 Å². The number of aromatic nitrogens is 7. The van der Waals surface area contributed by atoms with E-state index >= 15 is 0 Å². The largest absolute Gasteiger partial charge is 0.340 e. The zero-order chi connectivity index (χ0) is 19.0. The molecule has 0 saturated heterocycles. The minimum atomic E-state index is -0.494. The maximum atomic E-state index is 6.03. The highest BCUT2D eigenvalue weighted by Gasteiger charge is 2.25. The van der Waals surface area contributed by atoms with Crippen LogP contribution in [0.3, 0.4) is 0 Å². The lowest BCUT2D eigenvalue weighted by Crippen LogP contribution is -2.08. The highest BCUT2D eigenvalue weighted by molar-refractivity contribution is 7.80. The summed E-state index contributed by atoms with van der Waals surface area (Å²) >= 11 is 10.7. The van der Waals surface area contributed by atoms with Crippen LogP contribution in [0.1, 0.15) is 23.8 Å². The lowest BCUT2D eigenvalue weighted by molar-refractivity contribution is 0.422. The van der Waals surface area contributed by atoms with Gasteiger partial charge in [0.1, 0.15) is 10.9 Å². The topological polar surface area (TPSA) is 87.5 Å². The Kier molecular flexibility index (Phi) is 4.71. The molecule has 1 unspecified atom stereocenters. The first-order chi connectivity index (χ1) is 13.1. The summed E-state index contributed by atoms with van der Waals surface area (Å²) in [7, 11) is 1.90. The Morgan fingerprint density at radius 3 is 2.85 bits per heavy atom. The van der Waals surface area contributed by atoms with Gasteiger partial charge in [-0.05, 0) is 25.1 Å². The molecule has 0 saturated carbocycles. The summed E-state index contributed by atoms with van der Waals surface area (Å²) in [5.41, 5.74) is 1.49. The van der Waals surface area contributed by atoms with Gasteiger partial charge < -0.3 is 13.7 Å². The summed E-state index contributed by atoms with van der Waals surface area (Å²) in [5, 5.41) is 12.7. The third kappa shape index (κ3) is 3.35. The van der Waals surface area contributed by atoms with Crippen molar-refractivity contribution >= 4 is 24.2 Å². The van der Waals surface area contributed by atoms with E-state index in [4.69, 9.17) is 16.1 Å². The van der Waals surface area contributed by atoms with E-state index in [0.29, 0.717) is 34.9 Å². The van der Waals surface area contributed by atoms with Crippen molar-refractivity contribution in [2.75, 3.05) is 0 Å². The molecule has 8 nitrogen and oxygen atoms in total. The third-order valence-corrected chi connectivity index (χ3v) is 4.73. The van der Waals surface area contributed by atoms with Crippen LogP contribution >= 0.6 is 24.2 Å². The van der Waals surface area contributed by atoms with Gasteiger partial charge in [-0.25, -0.2) is 4.98 Å². The number of benzene rings is 1. The second kappa shape index (κ2) is 7.16. The van der Waals surface area contributed by atoms with E-state index < -0.39 is 5.25 Å². The van der Waals surface area contributed by atoms with Gasteiger partial charge in [-0.15, -0.1) is 10.2 Å². The molecule has 0 aliphatic rings. The normalized spacial score (nSPS) is 12.4. The van der Waals surface area contributed by atoms with Crippen molar-refractivity contribution in [1.29, 1.82) is 0 Å². The summed E-state index contributed by atoms with van der Waals surface area (Å²) in [4.78, 5) is 8.79. The average Bonchev–Trinajstić information content (AvgIpc) is 3.39. The van der Waals surface area contributed by atoms with Crippen molar-refractivity contribution < 1.29 is 4.52 Å². The van der Waals surface area contributed by atoms with E-state index in [1.54, 1.807) is 18.5 Å². The number of hydrogen-bond acceptors (Lipinski definition) is 7. The fourth-order valence-corrected chi connectivity index (χ4v) is 3.23. The monoisotopic (exact) mass is 401 g/mol. The molecule has 0 aliphatic carbocycles. The first-order valence-corrected chi connectivity index (χ1v) is 9.15. The molecular formula is C17H16ClN7OS. The van der Waals surface area contributed by atoms with Crippen LogP contribution in [0.15, 0.2) is 41.3 Å². The zero-order valence-electron chi connectivity index (χ0n) is 14.6. The number of halogens is 1. The van der Waals surface area contributed by atoms with Crippen LogP contribution in [0.5, 0.6) is 0 Å². The molecule has 0 spiro atoms. The van der Waals surface area contributed by atoms with Gasteiger partial charge in [0.15, 0.2) is 17.5 Å². The van der Waals surface area contributed by atoms with Crippen molar-refractivity contribution in [3.8, 4) is 23.0 Å². The third-order valence-electron chi connectivity index (χ3n) is 4.03. The van der Waals surface area contributed by atoms with Gasteiger partial charge in [0.2, 0.25) is 0 Å². The van der Waals surface area contributed by atoms with Crippen molar-refractivity contribution in [2.24, 2.45) is 7.05 Å². The summed E-state index contributed by atoms with van der Waals surface area (Å²) in [6, 6.07) is 7.23.